The lowest BCUT2D eigenvalue weighted by Gasteiger charge is -2.09. The van der Waals surface area contributed by atoms with Gasteiger partial charge in [0.2, 0.25) is 5.36 Å². The van der Waals surface area contributed by atoms with Crippen LogP contribution in [0.2, 0.25) is 0 Å². The molecule has 0 atom stereocenters. The molecule has 4 rings (SSSR count). The molecule has 0 unspecified atom stereocenters. The number of ether oxygens (including phenoxy) is 4. The summed E-state index contributed by atoms with van der Waals surface area (Å²) in [5.41, 5.74) is 2.87. The molecule has 0 saturated carbocycles. The second-order valence-electron chi connectivity index (χ2n) is 7.95. The number of para-hydroxylation sites is 1. The summed E-state index contributed by atoms with van der Waals surface area (Å²) in [5.74, 6) is 3.53. The lowest BCUT2D eigenvalue weighted by atomic mass is 10.1. The minimum atomic E-state index is -6.00. The van der Waals surface area contributed by atoms with Gasteiger partial charge in [-0.15, -0.1) is 0 Å². The van der Waals surface area contributed by atoms with Gasteiger partial charge in [0, 0.05) is 12.0 Å². The summed E-state index contributed by atoms with van der Waals surface area (Å²) >= 11 is 0. The molecule has 3 aromatic carbocycles. The van der Waals surface area contributed by atoms with Gasteiger partial charge >= 0.3 is 7.25 Å². The van der Waals surface area contributed by atoms with Crippen LogP contribution >= 0.6 is 0 Å². The summed E-state index contributed by atoms with van der Waals surface area (Å²) in [6.07, 6.45) is 0.826. The van der Waals surface area contributed by atoms with E-state index in [1.54, 1.807) is 28.4 Å². The van der Waals surface area contributed by atoms with Gasteiger partial charge < -0.3 is 40.6 Å². The molecule has 0 radical (unpaired) electrons. The summed E-state index contributed by atoms with van der Waals surface area (Å²) in [4.78, 5) is 3.58. The third-order valence-corrected chi connectivity index (χ3v) is 5.52. The van der Waals surface area contributed by atoms with Gasteiger partial charge in [-0.1, -0.05) is 18.2 Å². The molecule has 11 heteroatoms. The molecule has 0 fully saturated rings. The Labute approximate surface area is 217 Å². The standard InChI is InChI=1S/C27H27NO5.BF4/c1-29-23-11-9-18(15-26(23)31-3)13-14-28-21-17-25(33-22-8-6-5-7-20(21)22)19-10-12-24(30-2)27(16-19)32-4;2-1(3,4)5/h5-12,15-17H,13-14H2,1-4H3;/q;-1/p+1. The molecular weight excluding hydrogens is 505 g/mol. The molecule has 0 spiro atoms. The van der Waals surface area contributed by atoms with Crippen LogP contribution in [-0.2, 0) is 6.42 Å². The minimum Gasteiger partial charge on any atom is -0.493 e. The van der Waals surface area contributed by atoms with Crippen molar-refractivity contribution in [1.82, 2.24) is 0 Å². The first-order chi connectivity index (χ1) is 18.2. The number of rotatable bonds is 8. The zero-order valence-corrected chi connectivity index (χ0v) is 21.4. The summed E-state index contributed by atoms with van der Waals surface area (Å²) in [6.45, 7) is 0.745. The first-order valence-corrected chi connectivity index (χ1v) is 11.6. The zero-order valence-electron chi connectivity index (χ0n) is 21.4. The highest BCUT2D eigenvalue weighted by Crippen LogP contribution is 2.32. The number of halogens is 4. The Kier molecular flexibility index (Phi) is 9.64. The Balaban J connectivity index is 0.000000732. The van der Waals surface area contributed by atoms with E-state index in [4.69, 9.17) is 23.4 Å². The minimum absolute atomic E-state index is 0.654. The van der Waals surface area contributed by atoms with Gasteiger partial charge in [0.05, 0.1) is 39.9 Å². The molecule has 38 heavy (non-hydrogen) atoms. The van der Waals surface area contributed by atoms with E-state index in [9.17, 15) is 17.3 Å². The Hall–Kier alpha value is -4.15. The van der Waals surface area contributed by atoms with Crippen LogP contribution in [0.15, 0.2) is 71.1 Å². The van der Waals surface area contributed by atoms with Crippen molar-refractivity contribution in [3.05, 3.63) is 77.7 Å². The topological polar surface area (TPSA) is 64.0 Å². The van der Waals surface area contributed by atoms with Gasteiger partial charge in [-0.05, 0) is 48.0 Å². The monoisotopic (exact) mass is 533 g/mol. The van der Waals surface area contributed by atoms with E-state index in [0.717, 1.165) is 57.7 Å². The van der Waals surface area contributed by atoms with Crippen LogP contribution in [0.5, 0.6) is 23.0 Å². The van der Waals surface area contributed by atoms with Crippen LogP contribution in [0.1, 0.15) is 5.56 Å². The Bertz CT molecular complexity index is 1430. The highest BCUT2D eigenvalue weighted by Gasteiger charge is 2.20. The predicted molar refractivity (Wildman–Crippen MR) is 137 cm³/mol. The van der Waals surface area contributed by atoms with Crippen LogP contribution in [0.25, 0.3) is 22.3 Å². The van der Waals surface area contributed by atoms with E-state index in [2.05, 4.69) is 17.1 Å². The smallest absolute Gasteiger partial charge is 0.493 e. The fourth-order valence-electron chi connectivity index (χ4n) is 3.79. The highest BCUT2D eigenvalue weighted by molar-refractivity contribution is 6.50. The maximum atomic E-state index is 9.75. The molecule has 1 aromatic heterocycles. The molecular formula is C27H28BF4NO5. The van der Waals surface area contributed by atoms with Crippen molar-refractivity contribution in [2.24, 2.45) is 0 Å². The number of methoxy groups -OCH3 is 4. The normalized spacial score (nSPS) is 11.5. The molecule has 0 aliphatic heterocycles. The van der Waals surface area contributed by atoms with Crippen LogP contribution < -0.4 is 29.3 Å². The maximum Gasteiger partial charge on any atom is 0.673 e. The molecule has 0 aliphatic rings. The summed E-state index contributed by atoms with van der Waals surface area (Å²) in [7, 11) is 0.536. The molecule has 0 amide bonds. The van der Waals surface area contributed by atoms with Crippen molar-refractivity contribution in [3.63, 3.8) is 0 Å². The third-order valence-electron chi connectivity index (χ3n) is 5.52. The summed E-state index contributed by atoms with van der Waals surface area (Å²) in [6, 6.07) is 21.8. The molecule has 0 saturated heterocycles. The van der Waals surface area contributed by atoms with Crippen molar-refractivity contribution < 1.29 is 45.6 Å². The summed E-state index contributed by atoms with van der Waals surface area (Å²) in [5, 5.41) is 2.02. The van der Waals surface area contributed by atoms with Crippen LogP contribution in [0.3, 0.4) is 0 Å². The van der Waals surface area contributed by atoms with Gasteiger partial charge in [0.15, 0.2) is 23.0 Å². The molecule has 4 aromatic rings. The van der Waals surface area contributed by atoms with Crippen molar-refractivity contribution in [2.75, 3.05) is 35.0 Å². The van der Waals surface area contributed by atoms with Crippen molar-refractivity contribution >= 4 is 18.2 Å². The van der Waals surface area contributed by atoms with Gasteiger partial charge in [0.1, 0.15) is 17.9 Å². The van der Waals surface area contributed by atoms with Crippen LogP contribution in [0.4, 0.5) is 17.3 Å². The van der Waals surface area contributed by atoms with E-state index in [1.165, 1.54) is 0 Å². The van der Waals surface area contributed by atoms with E-state index < -0.39 is 7.25 Å². The molecule has 202 valence electrons. The van der Waals surface area contributed by atoms with Crippen molar-refractivity contribution in [3.8, 4) is 34.3 Å². The van der Waals surface area contributed by atoms with Crippen LogP contribution in [0, 0.1) is 0 Å². The SMILES string of the molecule is COc1ccc(CC[NH+]=c2cc(-c3ccc(OC)c(OC)c3)oc3ccccc23)cc1OC.F[B-](F)(F)F. The Morgan fingerprint density at radius 2 is 1.29 bits per heavy atom. The van der Waals surface area contributed by atoms with E-state index >= 15 is 0 Å². The second kappa shape index (κ2) is 12.9. The molecule has 6 nitrogen and oxygen atoms in total. The van der Waals surface area contributed by atoms with E-state index in [0.29, 0.717) is 11.5 Å². The third kappa shape index (κ3) is 7.68. The van der Waals surface area contributed by atoms with Gasteiger partial charge in [-0.2, -0.15) is 0 Å². The highest BCUT2D eigenvalue weighted by atomic mass is 19.5. The summed E-state index contributed by atoms with van der Waals surface area (Å²) < 4.78 is 66.8. The second-order valence-corrected chi connectivity index (χ2v) is 7.95. The van der Waals surface area contributed by atoms with Crippen molar-refractivity contribution in [1.29, 1.82) is 0 Å². The first-order valence-electron chi connectivity index (χ1n) is 11.6. The molecule has 1 N–H and O–H groups in total. The molecule has 0 aliphatic carbocycles. The van der Waals surface area contributed by atoms with Gasteiger partial charge in [0.25, 0.3) is 0 Å². The number of nitrogens with one attached hydrogen (secondary N) is 1. The fraction of sp³-hybridized carbons (Fsp3) is 0.222. The average Bonchev–Trinajstić information content (AvgIpc) is 2.91. The van der Waals surface area contributed by atoms with Gasteiger partial charge in [-0.25, -0.2) is 4.99 Å². The maximum absolute atomic E-state index is 9.75. The number of hydrogen-bond donors (Lipinski definition) is 1. The quantitative estimate of drug-likeness (QED) is 0.264. The zero-order chi connectivity index (χ0) is 27.7. The first kappa shape index (κ1) is 28.4. The van der Waals surface area contributed by atoms with E-state index in [-0.39, 0.29) is 0 Å². The average molecular weight is 533 g/mol. The lowest BCUT2D eigenvalue weighted by molar-refractivity contribution is -0.498. The Morgan fingerprint density at radius 3 is 1.92 bits per heavy atom. The predicted octanol–water partition coefficient (Wildman–Crippen LogP) is 4.66. The molecule has 1 heterocycles. The lowest BCUT2D eigenvalue weighted by Crippen LogP contribution is -2.77. The Morgan fingerprint density at radius 1 is 0.711 bits per heavy atom. The fourth-order valence-corrected chi connectivity index (χ4v) is 3.79. The van der Waals surface area contributed by atoms with Gasteiger partial charge in [-0.3, -0.25) is 0 Å². The number of hydrogen-bond acceptors (Lipinski definition) is 5. The van der Waals surface area contributed by atoms with E-state index in [1.807, 2.05) is 54.6 Å². The van der Waals surface area contributed by atoms with Crippen molar-refractivity contribution in [2.45, 2.75) is 6.42 Å². The largest absolute Gasteiger partial charge is 0.673 e. The number of fused-ring (bicyclic) bond motifs is 1. The number of benzene rings is 3. The van der Waals surface area contributed by atoms with Crippen LogP contribution in [-0.4, -0.2) is 42.2 Å². The molecule has 0 bridgehead atoms.